The van der Waals surface area contributed by atoms with Gasteiger partial charge in [-0.25, -0.2) is 4.98 Å². The van der Waals surface area contributed by atoms with Crippen LogP contribution in [-0.4, -0.2) is 32.6 Å². The van der Waals surface area contributed by atoms with Crippen LogP contribution in [0, 0.1) is 0 Å². The summed E-state index contributed by atoms with van der Waals surface area (Å²) in [4.78, 5) is 19.3. The average molecular weight is 238 g/mol. The topological polar surface area (TPSA) is 110 Å². The summed E-state index contributed by atoms with van der Waals surface area (Å²) in [5, 5.41) is 11.6. The largest absolute Gasteiger partial charge is 0.366 e. The Labute approximate surface area is 95.1 Å². The predicted molar refractivity (Wildman–Crippen MR) is 58.9 cm³/mol. The predicted octanol–water partition coefficient (Wildman–Crippen LogP) is -0.184. The number of H-pyrrole nitrogens is 1. The Kier molecular flexibility index (Phi) is 3.10. The molecular weight excluding hydrogens is 228 g/mol. The Hall–Kier alpha value is -1.96. The van der Waals surface area contributed by atoms with Crippen LogP contribution in [0.4, 0.5) is 5.95 Å². The fraction of sp³-hybridized carbons (Fsp3) is 0.250. The van der Waals surface area contributed by atoms with Gasteiger partial charge in [-0.15, -0.1) is 16.4 Å². The number of nitrogen functional groups attached to an aromatic ring is 1. The van der Waals surface area contributed by atoms with E-state index in [1.165, 1.54) is 0 Å². The number of amides is 1. The molecule has 0 saturated carbocycles. The summed E-state index contributed by atoms with van der Waals surface area (Å²) in [6, 6.07) is 0. The van der Waals surface area contributed by atoms with Crippen LogP contribution in [0.15, 0.2) is 11.6 Å². The molecular formula is C8H10N6OS. The van der Waals surface area contributed by atoms with Crippen LogP contribution in [-0.2, 0) is 6.42 Å². The zero-order valence-corrected chi connectivity index (χ0v) is 9.12. The molecule has 8 heteroatoms. The molecule has 0 fully saturated rings. The Bertz CT molecular complexity index is 465. The maximum atomic E-state index is 11.5. The van der Waals surface area contributed by atoms with Crippen molar-refractivity contribution in [3.8, 4) is 0 Å². The van der Waals surface area contributed by atoms with Gasteiger partial charge in [0.1, 0.15) is 0 Å². The summed E-state index contributed by atoms with van der Waals surface area (Å²) in [5.41, 5.74) is 5.28. The first-order chi connectivity index (χ1) is 7.75. The van der Waals surface area contributed by atoms with E-state index in [1.807, 2.05) is 5.38 Å². The van der Waals surface area contributed by atoms with Crippen LogP contribution in [0.5, 0.6) is 0 Å². The number of hydrogen-bond donors (Lipinski definition) is 3. The second-order valence-corrected chi connectivity index (χ2v) is 3.95. The number of thiazole rings is 1. The van der Waals surface area contributed by atoms with Crippen LogP contribution < -0.4 is 11.1 Å². The van der Waals surface area contributed by atoms with E-state index in [2.05, 4.69) is 25.5 Å². The number of nitrogens with zero attached hydrogens (tertiary/aromatic N) is 3. The molecule has 2 rings (SSSR count). The van der Waals surface area contributed by atoms with Gasteiger partial charge in [0.25, 0.3) is 5.91 Å². The fourth-order valence-corrected chi connectivity index (χ4v) is 1.74. The molecule has 0 aliphatic heterocycles. The van der Waals surface area contributed by atoms with E-state index in [4.69, 9.17) is 5.73 Å². The first kappa shape index (κ1) is 10.6. The van der Waals surface area contributed by atoms with Crippen molar-refractivity contribution in [1.82, 2.24) is 25.5 Å². The number of nitrogens with one attached hydrogen (secondary N) is 2. The smallest absolute Gasteiger partial charge is 0.288 e. The Morgan fingerprint density at radius 2 is 2.50 bits per heavy atom. The highest BCUT2D eigenvalue weighted by Crippen LogP contribution is 2.03. The molecule has 0 aliphatic rings. The van der Waals surface area contributed by atoms with Gasteiger partial charge in [0, 0.05) is 24.5 Å². The van der Waals surface area contributed by atoms with Crippen molar-refractivity contribution >= 4 is 23.2 Å². The van der Waals surface area contributed by atoms with Gasteiger partial charge in [0.05, 0.1) is 5.01 Å². The fourth-order valence-electron chi connectivity index (χ4n) is 1.12. The zero-order valence-electron chi connectivity index (χ0n) is 8.30. The summed E-state index contributed by atoms with van der Waals surface area (Å²) in [6.45, 7) is 0.507. The molecule has 0 atom stereocenters. The van der Waals surface area contributed by atoms with Gasteiger partial charge in [0.15, 0.2) is 0 Å². The highest BCUT2D eigenvalue weighted by molar-refractivity contribution is 7.09. The molecule has 4 N–H and O–H groups in total. The van der Waals surface area contributed by atoms with Gasteiger partial charge in [-0.1, -0.05) is 0 Å². The first-order valence-electron chi connectivity index (χ1n) is 4.60. The molecule has 2 heterocycles. The SMILES string of the molecule is Nc1n[nH]c(C(=O)NCCc2nccs2)n1. The van der Waals surface area contributed by atoms with Crippen LogP contribution in [0.3, 0.4) is 0 Å². The molecule has 0 saturated heterocycles. The third-order valence-corrected chi connectivity index (χ3v) is 2.67. The zero-order chi connectivity index (χ0) is 11.4. The quantitative estimate of drug-likeness (QED) is 0.684. The van der Waals surface area contributed by atoms with E-state index in [0.717, 1.165) is 5.01 Å². The molecule has 7 nitrogen and oxygen atoms in total. The molecule has 2 aromatic heterocycles. The second-order valence-electron chi connectivity index (χ2n) is 2.97. The Balaban J connectivity index is 1.80. The third kappa shape index (κ3) is 2.54. The molecule has 0 bridgehead atoms. The van der Waals surface area contributed by atoms with Crippen molar-refractivity contribution in [2.24, 2.45) is 0 Å². The van der Waals surface area contributed by atoms with Crippen LogP contribution in [0.25, 0.3) is 0 Å². The lowest BCUT2D eigenvalue weighted by molar-refractivity contribution is 0.0944. The summed E-state index contributed by atoms with van der Waals surface area (Å²) >= 11 is 1.56. The highest BCUT2D eigenvalue weighted by atomic mass is 32.1. The van der Waals surface area contributed by atoms with Crippen LogP contribution >= 0.6 is 11.3 Å². The van der Waals surface area contributed by atoms with E-state index >= 15 is 0 Å². The van der Waals surface area contributed by atoms with Crippen molar-refractivity contribution in [1.29, 1.82) is 0 Å². The minimum atomic E-state index is -0.319. The number of nitrogens with two attached hydrogens (primary N) is 1. The van der Waals surface area contributed by atoms with Crippen molar-refractivity contribution in [3.63, 3.8) is 0 Å². The summed E-state index contributed by atoms with van der Waals surface area (Å²) < 4.78 is 0. The summed E-state index contributed by atoms with van der Waals surface area (Å²) in [6.07, 6.45) is 2.44. The highest BCUT2D eigenvalue weighted by Gasteiger charge is 2.09. The van der Waals surface area contributed by atoms with E-state index < -0.39 is 0 Å². The number of hydrogen-bond acceptors (Lipinski definition) is 6. The molecule has 1 amide bonds. The van der Waals surface area contributed by atoms with Crippen molar-refractivity contribution in [2.45, 2.75) is 6.42 Å². The molecule has 0 aromatic carbocycles. The van der Waals surface area contributed by atoms with Gasteiger partial charge < -0.3 is 11.1 Å². The molecule has 84 valence electrons. The van der Waals surface area contributed by atoms with Crippen LogP contribution in [0.2, 0.25) is 0 Å². The van der Waals surface area contributed by atoms with Crippen molar-refractivity contribution in [2.75, 3.05) is 12.3 Å². The second kappa shape index (κ2) is 4.71. The van der Waals surface area contributed by atoms with Gasteiger partial charge in [-0.2, -0.15) is 4.98 Å². The molecule has 2 aromatic rings. The number of aromatic amines is 1. The van der Waals surface area contributed by atoms with Crippen LogP contribution in [0.1, 0.15) is 15.6 Å². The maximum Gasteiger partial charge on any atom is 0.288 e. The third-order valence-electron chi connectivity index (χ3n) is 1.83. The molecule has 0 radical (unpaired) electrons. The summed E-state index contributed by atoms with van der Waals surface area (Å²) in [7, 11) is 0. The van der Waals surface area contributed by atoms with Gasteiger partial charge >= 0.3 is 0 Å². The van der Waals surface area contributed by atoms with Gasteiger partial charge in [-0.05, 0) is 0 Å². The summed E-state index contributed by atoms with van der Waals surface area (Å²) in [5.74, 6) is -0.137. The minimum absolute atomic E-state index is 0.0603. The van der Waals surface area contributed by atoms with E-state index in [1.54, 1.807) is 17.5 Å². The molecule has 0 aliphatic carbocycles. The first-order valence-corrected chi connectivity index (χ1v) is 5.48. The Morgan fingerprint density at radius 1 is 1.62 bits per heavy atom. The van der Waals surface area contributed by atoms with Gasteiger partial charge in [0.2, 0.25) is 11.8 Å². The van der Waals surface area contributed by atoms with E-state index in [-0.39, 0.29) is 17.7 Å². The maximum absolute atomic E-state index is 11.5. The normalized spacial score (nSPS) is 10.2. The minimum Gasteiger partial charge on any atom is -0.366 e. The lowest BCUT2D eigenvalue weighted by Gasteiger charge is -1.99. The standard InChI is InChI=1S/C8H10N6OS/c9-8-12-6(13-14-8)7(15)11-2-1-5-10-3-4-16-5/h3-4H,1-2H2,(H,11,15)(H3,9,12,13,14). The average Bonchev–Trinajstić information content (AvgIpc) is 2.89. The van der Waals surface area contributed by atoms with E-state index in [0.29, 0.717) is 13.0 Å². The van der Waals surface area contributed by atoms with Crippen molar-refractivity contribution < 1.29 is 4.79 Å². The number of anilines is 1. The monoisotopic (exact) mass is 238 g/mol. The van der Waals surface area contributed by atoms with Crippen molar-refractivity contribution in [3.05, 3.63) is 22.4 Å². The number of aromatic nitrogens is 4. The molecule has 0 spiro atoms. The van der Waals surface area contributed by atoms with Gasteiger partial charge in [-0.3, -0.25) is 9.89 Å². The molecule has 0 unspecified atom stereocenters. The Morgan fingerprint density at radius 3 is 3.12 bits per heavy atom. The number of carbonyl (C=O) groups excluding carboxylic acids is 1. The lowest BCUT2D eigenvalue weighted by Crippen LogP contribution is -2.26. The number of carbonyl (C=O) groups is 1. The van der Waals surface area contributed by atoms with E-state index in [9.17, 15) is 4.79 Å². The lowest BCUT2D eigenvalue weighted by atomic mass is 10.4. The number of rotatable bonds is 4. The molecule has 16 heavy (non-hydrogen) atoms.